The molecular formula is C59H36N2OS. The van der Waals surface area contributed by atoms with Crippen LogP contribution in [0.1, 0.15) is 22.3 Å². The molecule has 0 N–H and O–H groups in total. The lowest BCUT2D eigenvalue weighted by Gasteiger charge is -2.45. The average molecular weight is 821 g/mol. The maximum atomic E-state index is 6.71. The van der Waals surface area contributed by atoms with E-state index < -0.39 is 5.41 Å². The summed E-state index contributed by atoms with van der Waals surface area (Å²) < 4.78 is 11.8. The third-order valence-corrected chi connectivity index (χ3v) is 14.8. The smallest absolute Gasteiger partial charge is 0.132 e. The van der Waals surface area contributed by atoms with Crippen LogP contribution in [0.5, 0.6) is 11.5 Å². The molecule has 0 saturated carbocycles. The van der Waals surface area contributed by atoms with Crippen LogP contribution in [0.3, 0.4) is 0 Å². The van der Waals surface area contributed by atoms with Crippen LogP contribution in [0, 0.1) is 0 Å². The lowest BCUT2D eigenvalue weighted by Crippen LogP contribution is -2.36. The molecule has 10 aromatic carbocycles. The van der Waals surface area contributed by atoms with Crippen LogP contribution in [0.4, 0.5) is 17.1 Å². The van der Waals surface area contributed by atoms with Gasteiger partial charge in [-0.3, -0.25) is 0 Å². The van der Waals surface area contributed by atoms with Gasteiger partial charge >= 0.3 is 0 Å². The molecule has 1 aliphatic heterocycles. The van der Waals surface area contributed by atoms with Gasteiger partial charge in [0.25, 0.3) is 0 Å². The number of fused-ring (bicyclic) bond motifs is 14. The minimum absolute atomic E-state index is 0.600. The summed E-state index contributed by atoms with van der Waals surface area (Å²) in [6.45, 7) is 0. The van der Waals surface area contributed by atoms with Crippen molar-refractivity contribution in [2.75, 3.05) is 4.90 Å². The fraction of sp³-hybridized carbons (Fsp3) is 0.0169. The quantitative estimate of drug-likeness (QED) is 0.176. The van der Waals surface area contributed by atoms with E-state index in [9.17, 15) is 0 Å². The summed E-state index contributed by atoms with van der Waals surface area (Å²) >= 11 is 1.86. The first-order valence-electron chi connectivity index (χ1n) is 21.6. The van der Waals surface area contributed by atoms with Crippen LogP contribution in [-0.4, -0.2) is 4.57 Å². The zero-order valence-corrected chi connectivity index (χ0v) is 34.8. The maximum Gasteiger partial charge on any atom is 0.132 e. The van der Waals surface area contributed by atoms with E-state index in [-0.39, 0.29) is 0 Å². The standard InChI is InChI=1S/C59H36N2OS/c1-2-16-37(17-3-1)60(38-32-33-41-40-19-5-10-26-49(40)61(52(41)36-38)51-27-15-31-56-58(51)44-20-6-13-30-55(44)63-56)50-35-34-42-39-18-4-7-22-45(39)59(48-25-14-21-43(50)57(42)48)46-23-8-11-28-53(46)62-54-29-12-9-24-47(54)59/h1-36H. The second-order valence-corrected chi connectivity index (χ2v) is 17.8. The topological polar surface area (TPSA) is 17.4 Å². The number of thiophene rings is 1. The first kappa shape index (κ1) is 34.8. The SMILES string of the molecule is c1ccc(N(c2ccc3c4ccccc4n(-c4cccc5sc6ccccc6c45)c3c2)c2ccc3c4c(cccc24)C2(c4ccccc4Oc4ccccc42)c2ccccc2-3)cc1. The number of para-hydroxylation sites is 4. The molecule has 1 spiro atoms. The number of ether oxygens (including phenoxy) is 1. The van der Waals surface area contributed by atoms with Gasteiger partial charge in [0, 0.05) is 58.8 Å². The molecule has 294 valence electrons. The molecule has 3 nitrogen and oxygen atoms in total. The molecule has 1 aliphatic carbocycles. The number of anilines is 3. The summed E-state index contributed by atoms with van der Waals surface area (Å²) in [6.07, 6.45) is 0. The van der Waals surface area contributed by atoms with Crippen LogP contribution < -0.4 is 9.64 Å². The summed E-state index contributed by atoms with van der Waals surface area (Å²) in [7, 11) is 0. The van der Waals surface area contributed by atoms with E-state index in [2.05, 4.69) is 228 Å². The van der Waals surface area contributed by atoms with Gasteiger partial charge in [-0.15, -0.1) is 11.3 Å². The Morgan fingerprint density at radius 1 is 0.397 bits per heavy atom. The van der Waals surface area contributed by atoms with Gasteiger partial charge in [0.05, 0.1) is 27.8 Å². The van der Waals surface area contributed by atoms with Gasteiger partial charge in [0.15, 0.2) is 0 Å². The third kappa shape index (κ3) is 4.68. The first-order valence-corrected chi connectivity index (χ1v) is 22.4. The Morgan fingerprint density at radius 2 is 1.03 bits per heavy atom. The van der Waals surface area contributed by atoms with Crippen LogP contribution in [0.15, 0.2) is 218 Å². The van der Waals surface area contributed by atoms with Gasteiger partial charge in [-0.25, -0.2) is 0 Å². The van der Waals surface area contributed by atoms with Crippen molar-refractivity contribution in [3.63, 3.8) is 0 Å². The molecule has 14 rings (SSSR count). The highest BCUT2D eigenvalue weighted by Gasteiger charge is 2.49. The first-order chi connectivity index (χ1) is 31.3. The lowest BCUT2D eigenvalue weighted by molar-refractivity contribution is 0.435. The van der Waals surface area contributed by atoms with Crippen molar-refractivity contribution in [2.45, 2.75) is 5.41 Å². The Balaban J connectivity index is 1.07. The summed E-state index contributed by atoms with van der Waals surface area (Å²) in [4.78, 5) is 2.46. The highest BCUT2D eigenvalue weighted by Crippen LogP contribution is 2.62. The van der Waals surface area contributed by atoms with E-state index in [0.717, 1.165) is 39.7 Å². The van der Waals surface area contributed by atoms with Crippen molar-refractivity contribution < 1.29 is 4.74 Å². The van der Waals surface area contributed by atoms with Crippen molar-refractivity contribution >= 4 is 81.1 Å². The Bertz CT molecular complexity index is 3810. The molecular weight excluding hydrogens is 785 g/mol. The molecule has 0 bridgehead atoms. The third-order valence-electron chi connectivity index (χ3n) is 13.6. The number of nitrogens with zero attached hydrogens (tertiary/aromatic N) is 2. The van der Waals surface area contributed by atoms with Gasteiger partial charge < -0.3 is 14.2 Å². The minimum Gasteiger partial charge on any atom is -0.457 e. The fourth-order valence-corrected chi connectivity index (χ4v) is 12.3. The Kier molecular flexibility index (Phi) is 7.20. The van der Waals surface area contributed by atoms with Gasteiger partial charge in [-0.2, -0.15) is 0 Å². The van der Waals surface area contributed by atoms with Crippen molar-refractivity contribution in [3.05, 3.63) is 241 Å². The lowest BCUT2D eigenvalue weighted by atomic mass is 9.58. The van der Waals surface area contributed by atoms with Gasteiger partial charge in [0.2, 0.25) is 0 Å². The summed E-state index contributed by atoms with van der Waals surface area (Å²) in [5.74, 6) is 1.78. The maximum absolute atomic E-state index is 6.71. The molecule has 63 heavy (non-hydrogen) atoms. The molecule has 0 radical (unpaired) electrons. The average Bonchev–Trinajstić information content (AvgIpc) is 3.89. The van der Waals surface area contributed by atoms with Crippen LogP contribution >= 0.6 is 11.3 Å². The predicted molar refractivity (Wildman–Crippen MR) is 263 cm³/mol. The molecule has 0 saturated heterocycles. The largest absolute Gasteiger partial charge is 0.457 e. The monoisotopic (exact) mass is 820 g/mol. The molecule has 0 amide bonds. The Morgan fingerprint density at radius 3 is 1.87 bits per heavy atom. The minimum atomic E-state index is -0.600. The Labute approximate surface area is 367 Å². The van der Waals surface area contributed by atoms with Crippen LogP contribution in [-0.2, 0) is 5.41 Å². The van der Waals surface area contributed by atoms with Gasteiger partial charge in [0.1, 0.15) is 11.5 Å². The molecule has 0 atom stereocenters. The normalized spacial score (nSPS) is 13.3. The molecule has 2 aliphatic rings. The molecule has 0 fully saturated rings. The molecule has 12 aromatic rings. The zero-order chi connectivity index (χ0) is 41.2. The number of rotatable bonds is 4. The van der Waals surface area contributed by atoms with Crippen molar-refractivity contribution in [2.24, 2.45) is 0 Å². The van der Waals surface area contributed by atoms with Crippen molar-refractivity contribution in [1.29, 1.82) is 0 Å². The van der Waals surface area contributed by atoms with E-state index in [1.807, 2.05) is 11.3 Å². The van der Waals surface area contributed by atoms with E-state index in [1.165, 1.54) is 80.7 Å². The number of aromatic nitrogens is 1. The van der Waals surface area contributed by atoms with E-state index in [1.54, 1.807) is 0 Å². The van der Waals surface area contributed by atoms with E-state index in [4.69, 9.17) is 4.74 Å². The van der Waals surface area contributed by atoms with Crippen LogP contribution in [0.2, 0.25) is 0 Å². The highest BCUT2D eigenvalue weighted by molar-refractivity contribution is 7.25. The summed E-state index contributed by atoms with van der Waals surface area (Å²) in [6, 6.07) is 80.2. The van der Waals surface area contributed by atoms with E-state index in [0.29, 0.717) is 0 Å². The second-order valence-electron chi connectivity index (χ2n) is 16.7. The predicted octanol–water partition coefficient (Wildman–Crippen LogP) is 16.2. The summed E-state index contributed by atoms with van der Waals surface area (Å²) in [5, 5.41) is 7.50. The summed E-state index contributed by atoms with van der Waals surface area (Å²) in [5.41, 5.74) is 13.6. The number of hydrogen-bond donors (Lipinski definition) is 0. The number of hydrogen-bond acceptors (Lipinski definition) is 3. The fourth-order valence-electron chi connectivity index (χ4n) is 11.2. The molecule has 4 heteroatoms. The zero-order valence-electron chi connectivity index (χ0n) is 34.0. The van der Waals surface area contributed by atoms with Crippen molar-refractivity contribution in [3.8, 4) is 28.3 Å². The van der Waals surface area contributed by atoms with E-state index >= 15 is 0 Å². The number of benzene rings is 10. The second kappa shape index (κ2) is 13.0. The van der Waals surface area contributed by atoms with Crippen LogP contribution in [0.25, 0.3) is 69.6 Å². The van der Waals surface area contributed by atoms with Gasteiger partial charge in [-0.05, 0) is 94.4 Å². The highest BCUT2D eigenvalue weighted by atomic mass is 32.1. The Hall–Kier alpha value is -7.92. The van der Waals surface area contributed by atoms with Gasteiger partial charge in [-0.1, -0.05) is 152 Å². The molecule has 3 heterocycles. The van der Waals surface area contributed by atoms with Crippen molar-refractivity contribution in [1.82, 2.24) is 4.57 Å². The molecule has 2 aromatic heterocycles. The molecule has 0 unspecified atom stereocenters.